The topological polar surface area (TPSA) is 97.8 Å². The van der Waals surface area contributed by atoms with E-state index in [0.29, 0.717) is 34.8 Å². The summed E-state index contributed by atoms with van der Waals surface area (Å²) in [5, 5.41) is 20.4. The minimum atomic E-state index is -0.441. The summed E-state index contributed by atoms with van der Waals surface area (Å²) in [6.07, 6.45) is 5.44. The number of nitrogens with zero attached hydrogens (tertiary/aromatic N) is 5. The maximum absolute atomic E-state index is 12.4. The van der Waals surface area contributed by atoms with Gasteiger partial charge >= 0.3 is 6.09 Å². The predicted octanol–water partition coefficient (Wildman–Crippen LogP) is 5.11. The molecule has 1 amide bonds. The molecule has 2 aromatic heterocycles. The van der Waals surface area contributed by atoms with E-state index in [9.17, 15) is 9.90 Å². The second-order valence-electron chi connectivity index (χ2n) is 13.9. The van der Waals surface area contributed by atoms with Crippen molar-refractivity contribution in [1.29, 1.82) is 0 Å². The van der Waals surface area contributed by atoms with Crippen LogP contribution in [0.4, 0.5) is 4.79 Å². The summed E-state index contributed by atoms with van der Waals surface area (Å²) >= 11 is 0. The van der Waals surface area contributed by atoms with Gasteiger partial charge in [-0.25, -0.2) is 4.79 Å². The summed E-state index contributed by atoms with van der Waals surface area (Å²) in [5.41, 5.74) is 4.89. The van der Waals surface area contributed by atoms with Crippen LogP contribution in [0.5, 0.6) is 5.75 Å². The zero-order chi connectivity index (χ0) is 28.5. The van der Waals surface area contributed by atoms with E-state index in [4.69, 9.17) is 4.74 Å². The second-order valence-corrected chi connectivity index (χ2v) is 13.9. The molecule has 3 fully saturated rings. The van der Waals surface area contributed by atoms with Crippen LogP contribution in [0.1, 0.15) is 70.7 Å². The number of carbonyl (C=O) groups is 1. The molecule has 1 spiro atoms. The Labute approximate surface area is 241 Å². The number of aromatic nitrogens is 3. The lowest BCUT2D eigenvalue weighted by Gasteiger charge is -2.64. The maximum atomic E-state index is 12.4. The third kappa shape index (κ3) is 4.77. The number of phenols is 1. The minimum absolute atomic E-state index is 0.173. The van der Waals surface area contributed by atoms with Crippen LogP contribution in [-0.4, -0.2) is 91.5 Å². The van der Waals surface area contributed by atoms with E-state index in [1.54, 1.807) is 6.07 Å². The lowest BCUT2D eigenvalue weighted by atomic mass is 9.59. The number of amides is 1. The molecule has 2 saturated heterocycles. The average Bonchev–Trinajstić information content (AvgIpc) is 3.26. The first-order valence-corrected chi connectivity index (χ1v) is 15.2. The number of aromatic hydroxyl groups is 1. The summed E-state index contributed by atoms with van der Waals surface area (Å²) in [4.78, 5) is 23.2. The van der Waals surface area contributed by atoms with Crippen LogP contribution in [0.2, 0.25) is 0 Å². The fourth-order valence-corrected chi connectivity index (χ4v) is 7.90. The number of phenolic OH excluding ortho intramolecular Hbond substituents is 1. The third-order valence-electron chi connectivity index (χ3n) is 9.91. The van der Waals surface area contributed by atoms with Gasteiger partial charge in [-0.05, 0) is 82.6 Å². The number of fused-ring (bicyclic) bond motifs is 3. The predicted molar refractivity (Wildman–Crippen MR) is 158 cm³/mol. The van der Waals surface area contributed by atoms with Crippen molar-refractivity contribution in [2.24, 2.45) is 5.41 Å². The fourth-order valence-electron chi connectivity index (χ4n) is 7.90. The van der Waals surface area contributed by atoms with Crippen LogP contribution < -0.4 is 0 Å². The molecule has 3 aromatic rings. The summed E-state index contributed by atoms with van der Waals surface area (Å²) in [7, 11) is 0. The van der Waals surface area contributed by atoms with Crippen molar-refractivity contribution in [3.63, 3.8) is 0 Å². The number of ether oxygens (including phenoxy) is 1. The molecule has 7 rings (SSSR count). The average molecular weight is 559 g/mol. The Kier molecular flexibility index (Phi) is 6.32. The summed E-state index contributed by atoms with van der Waals surface area (Å²) in [5.74, 6) is 0.225. The molecule has 2 N–H and O–H groups in total. The molecule has 9 nitrogen and oxygen atoms in total. The lowest BCUT2D eigenvalue weighted by Crippen LogP contribution is -2.69. The van der Waals surface area contributed by atoms with Gasteiger partial charge in [0.25, 0.3) is 0 Å². The van der Waals surface area contributed by atoms with Crippen molar-refractivity contribution in [2.45, 2.75) is 83.5 Å². The molecule has 0 radical (unpaired) electrons. The molecular formula is C32H42N6O3. The number of piperidine rings is 1. The largest absolute Gasteiger partial charge is 0.507 e. The molecule has 1 atom stereocenters. The Hall–Kier alpha value is -3.17. The normalized spacial score (nSPS) is 23.8. The number of likely N-dealkylation sites (tertiary alicyclic amines) is 2. The Bertz CT molecular complexity index is 1460. The molecular weight excluding hydrogens is 516 g/mol. The van der Waals surface area contributed by atoms with Gasteiger partial charge in [0.15, 0.2) is 5.65 Å². The number of hydrogen-bond donors (Lipinski definition) is 2. The van der Waals surface area contributed by atoms with Crippen molar-refractivity contribution in [3.8, 4) is 17.0 Å². The highest BCUT2D eigenvalue weighted by atomic mass is 16.6. The van der Waals surface area contributed by atoms with Crippen molar-refractivity contribution >= 4 is 17.1 Å². The Morgan fingerprint density at radius 2 is 1.80 bits per heavy atom. The minimum Gasteiger partial charge on any atom is -0.507 e. The molecule has 4 aliphatic rings. The summed E-state index contributed by atoms with van der Waals surface area (Å²) in [6, 6.07) is 10.9. The SMILES string of the molecule is C[C@@H]1c2c([nH]c3nnc(-c4ccccc4O)cc23)CCN1C1CC2(C1)CN(C1CCN(C(=O)OC(C)(C)C)CC1)C2. The molecule has 1 saturated carbocycles. The number of hydrogen-bond acceptors (Lipinski definition) is 7. The first kappa shape index (κ1) is 26.7. The van der Waals surface area contributed by atoms with E-state index in [-0.39, 0.29) is 11.8 Å². The number of nitrogens with one attached hydrogen (secondary N) is 1. The van der Waals surface area contributed by atoms with Gasteiger partial charge in [-0.3, -0.25) is 9.80 Å². The zero-order valence-corrected chi connectivity index (χ0v) is 24.7. The fraction of sp³-hybridized carbons (Fsp3) is 0.594. The van der Waals surface area contributed by atoms with Crippen molar-refractivity contribution in [2.75, 3.05) is 32.7 Å². The molecule has 1 aliphatic carbocycles. The molecule has 1 aromatic carbocycles. The number of benzene rings is 1. The van der Waals surface area contributed by atoms with E-state index in [1.807, 2.05) is 43.9 Å². The Morgan fingerprint density at radius 1 is 1.07 bits per heavy atom. The molecule has 5 heterocycles. The molecule has 0 unspecified atom stereocenters. The molecule has 3 aliphatic heterocycles. The van der Waals surface area contributed by atoms with E-state index in [0.717, 1.165) is 49.9 Å². The smallest absolute Gasteiger partial charge is 0.410 e. The number of carbonyl (C=O) groups excluding carboxylic acids is 1. The second kappa shape index (κ2) is 9.70. The highest BCUT2D eigenvalue weighted by molar-refractivity contribution is 5.86. The van der Waals surface area contributed by atoms with Gasteiger partial charge in [0.05, 0.1) is 5.69 Å². The standard InChI is InChI=1S/C32H42N6O3/c1-20-28-24-15-26(23-7-5-6-8-27(23)39)34-35-29(24)33-25(28)11-14-38(20)22-16-32(17-22)18-37(19-32)21-9-12-36(13-10-21)30(40)41-31(2,3)4/h5-8,15,20-22,39H,9-14,16-19H2,1-4H3,(H,33,35)/t20-/m1/s1. The van der Waals surface area contributed by atoms with E-state index in [2.05, 4.69) is 38.0 Å². The van der Waals surface area contributed by atoms with Crippen LogP contribution in [0.15, 0.2) is 30.3 Å². The van der Waals surface area contributed by atoms with Crippen molar-refractivity contribution < 1.29 is 14.6 Å². The van der Waals surface area contributed by atoms with Gasteiger partial charge < -0.3 is 19.7 Å². The highest BCUT2D eigenvalue weighted by Gasteiger charge is 2.56. The molecule has 41 heavy (non-hydrogen) atoms. The summed E-state index contributed by atoms with van der Waals surface area (Å²) in [6.45, 7) is 13.2. The zero-order valence-electron chi connectivity index (χ0n) is 24.7. The van der Waals surface area contributed by atoms with Crippen molar-refractivity contribution in [3.05, 3.63) is 41.6 Å². The quantitative estimate of drug-likeness (QED) is 0.461. The van der Waals surface area contributed by atoms with E-state index >= 15 is 0 Å². The Morgan fingerprint density at radius 3 is 2.51 bits per heavy atom. The maximum Gasteiger partial charge on any atom is 0.410 e. The van der Waals surface area contributed by atoms with Crippen LogP contribution >= 0.6 is 0 Å². The highest BCUT2D eigenvalue weighted by Crippen LogP contribution is 2.53. The first-order valence-electron chi connectivity index (χ1n) is 15.2. The number of rotatable bonds is 3. The van der Waals surface area contributed by atoms with Gasteiger partial charge in [0.1, 0.15) is 11.4 Å². The van der Waals surface area contributed by atoms with Crippen LogP contribution in [-0.2, 0) is 11.2 Å². The van der Waals surface area contributed by atoms with Gasteiger partial charge in [-0.2, -0.15) is 0 Å². The van der Waals surface area contributed by atoms with Gasteiger partial charge in [0, 0.05) is 73.9 Å². The van der Waals surface area contributed by atoms with E-state index in [1.165, 1.54) is 37.2 Å². The number of para-hydroxylation sites is 1. The van der Waals surface area contributed by atoms with E-state index < -0.39 is 5.60 Å². The third-order valence-corrected chi connectivity index (χ3v) is 9.91. The van der Waals surface area contributed by atoms with Crippen molar-refractivity contribution in [1.82, 2.24) is 29.9 Å². The molecule has 9 heteroatoms. The lowest BCUT2D eigenvalue weighted by molar-refractivity contribution is -0.137. The van der Waals surface area contributed by atoms with Gasteiger partial charge in [-0.15, -0.1) is 10.2 Å². The summed E-state index contributed by atoms with van der Waals surface area (Å²) < 4.78 is 5.57. The van der Waals surface area contributed by atoms with Crippen LogP contribution in [0.3, 0.4) is 0 Å². The number of aromatic amines is 1. The Balaban J connectivity index is 0.968. The van der Waals surface area contributed by atoms with Gasteiger partial charge in [0.2, 0.25) is 0 Å². The molecule has 0 bridgehead atoms. The first-order chi connectivity index (χ1) is 19.6. The van der Waals surface area contributed by atoms with Crippen LogP contribution in [0, 0.1) is 5.41 Å². The number of H-pyrrole nitrogens is 1. The molecule has 218 valence electrons. The van der Waals surface area contributed by atoms with Gasteiger partial charge in [-0.1, -0.05) is 12.1 Å². The monoisotopic (exact) mass is 558 g/mol. The van der Waals surface area contributed by atoms with Crippen LogP contribution in [0.25, 0.3) is 22.3 Å².